The van der Waals surface area contributed by atoms with Crippen molar-refractivity contribution in [3.63, 3.8) is 0 Å². The number of benzene rings is 1. The highest BCUT2D eigenvalue weighted by molar-refractivity contribution is 5.30. The molecular weight excluding hydrogens is 255 g/mol. The molecule has 4 nitrogen and oxygen atoms in total. The van der Waals surface area contributed by atoms with Gasteiger partial charge < -0.3 is 0 Å². The van der Waals surface area contributed by atoms with Gasteiger partial charge in [0.05, 0.1) is 5.69 Å². The Morgan fingerprint density at radius 1 is 1.25 bits per heavy atom. The van der Waals surface area contributed by atoms with E-state index in [1.165, 1.54) is 12.1 Å². The lowest BCUT2D eigenvalue weighted by Crippen LogP contribution is -2.07. The molecule has 1 heterocycles. The smallest absolute Gasteiger partial charge is 0.186 e. The molecule has 1 aromatic heterocycles. The number of hydrogen-bond acceptors (Lipinski definition) is 3. The second-order valence-electron chi connectivity index (χ2n) is 4.73. The summed E-state index contributed by atoms with van der Waals surface area (Å²) >= 11 is 0. The summed E-state index contributed by atoms with van der Waals surface area (Å²) in [6, 6.07) is 8.36. The Balaban J connectivity index is 2.18. The lowest BCUT2D eigenvalue weighted by molar-refractivity contribution is 0.523. The predicted octanol–water partition coefficient (Wildman–Crippen LogP) is 3.07. The highest BCUT2D eigenvalue weighted by atomic mass is 19.1. The van der Waals surface area contributed by atoms with Crippen molar-refractivity contribution in [2.75, 3.05) is 0 Å². The Morgan fingerprint density at radius 2 is 2.00 bits per heavy atom. The summed E-state index contributed by atoms with van der Waals surface area (Å²) in [4.78, 5) is 0. The average molecular weight is 272 g/mol. The summed E-state index contributed by atoms with van der Waals surface area (Å²) in [5.74, 6) is -0.260. The van der Waals surface area contributed by atoms with E-state index in [0.717, 1.165) is 37.1 Å². The molecule has 0 N–H and O–H groups in total. The molecule has 0 aliphatic heterocycles. The second-order valence-corrected chi connectivity index (χ2v) is 4.73. The lowest BCUT2D eigenvalue weighted by atomic mass is 10.1. The fourth-order valence-electron chi connectivity index (χ4n) is 2.08. The first-order valence-corrected chi connectivity index (χ1v) is 6.81. The fraction of sp³-hybridized carbons (Fsp3) is 0.400. The van der Waals surface area contributed by atoms with Crippen LogP contribution in [-0.2, 0) is 13.0 Å². The standard InChI is InChI=1S/C15H17FN4/c1-2-3-4-9-20-15(14(11-17)18-19-20)10-12-5-7-13(16)8-6-12/h5-8H,2-4,9-10H2,1H3. The van der Waals surface area contributed by atoms with Crippen LogP contribution in [0.1, 0.15) is 43.1 Å². The molecule has 0 saturated heterocycles. The Bertz CT molecular complexity index is 595. The average Bonchev–Trinajstić information content (AvgIpc) is 2.84. The van der Waals surface area contributed by atoms with E-state index in [2.05, 4.69) is 23.3 Å². The van der Waals surface area contributed by atoms with Crippen molar-refractivity contribution in [3.8, 4) is 6.07 Å². The molecule has 5 heteroatoms. The summed E-state index contributed by atoms with van der Waals surface area (Å²) in [5, 5.41) is 17.0. The quantitative estimate of drug-likeness (QED) is 0.759. The van der Waals surface area contributed by atoms with Crippen molar-refractivity contribution >= 4 is 0 Å². The molecule has 0 unspecified atom stereocenters. The van der Waals surface area contributed by atoms with Crippen molar-refractivity contribution in [2.45, 2.75) is 39.2 Å². The molecule has 0 spiro atoms. The lowest BCUT2D eigenvalue weighted by Gasteiger charge is -2.06. The summed E-state index contributed by atoms with van der Waals surface area (Å²) < 4.78 is 14.7. The van der Waals surface area contributed by atoms with Crippen LogP contribution in [0, 0.1) is 17.1 Å². The number of aryl methyl sites for hydroxylation is 1. The van der Waals surface area contributed by atoms with Crippen LogP contribution in [0.5, 0.6) is 0 Å². The van der Waals surface area contributed by atoms with Gasteiger partial charge in [0.15, 0.2) is 5.69 Å². The molecule has 0 fully saturated rings. The van der Waals surface area contributed by atoms with Crippen LogP contribution in [0.3, 0.4) is 0 Å². The van der Waals surface area contributed by atoms with Crippen LogP contribution in [-0.4, -0.2) is 15.0 Å². The third-order valence-electron chi connectivity index (χ3n) is 3.20. The fourth-order valence-corrected chi connectivity index (χ4v) is 2.08. The number of aromatic nitrogens is 3. The summed E-state index contributed by atoms with van der Waals surface area (Å²) in [6.07, 6.45) is 3.81. The van der Waals surface area contributed by atoms with Gasteiger partial charge in [-0.25, -0.2) is 9.07 Å². The monoisotopic (exact) mass is 272 g/mol. The largest absolute Gasteiger partial charge is 0.248 e. The van der Waals surface area contributed by atoms with Gasteiger partial charge in [0.1, 0.15) is 11.9 Å². The number of nitriles is 1. The third kappa shape index (κ3) is 3.41. The van der Waals surface area contributed by atoms with Gasteiger partial charge in [0.25, 0.3) is 0 Å². The summed E-state index contributed by atoms with van der Waals surface area (Å²) in [7, 11) is 0. The normalized spacial score (nSPS) is 10.4. The molecule has 2 rings (SSSR count). The van der Waals surface area contributed by atoms with E-state index in [-0.39, 0.29) is 5.82 Å². The molecule has 0 saturated carbocycles. The Morgan fingerprint density at radius 3 is 2.65 bits per heavy atom. The second kappa shape index (κ2) is 6.80. The van der Waals surface area contributed by atoms with Crippen LogP contribution in [0.15, 0.2) is 24.3 Å². The van der Waals surface area contributed by atoms with Gasteiger partial charge in [-0.05, 0) is 24.1 Å². The van der Waals surface area contributed by atoms with Gasteiger partial charge in [0.2, 0.25) is 0 Å². The number of rotatable bonds is 6. The molecule has 0 aliphatic carbocycles. The van der Waals surface area contributed by atoms with E-state index < -0.39 is 0 Å². The van der Waals surface area contributed by atoms with E-state index in [4.69, 9.17) is 5.26 Å². The molecule has 0 aliphatic rings. The molecule has 2 aromatic rings. The highest BCUT2D eigenvalue weighted by Gasteiger charge is 2.13. The minimum Gasteiger partial charge on any atom is -0.248 e. The molecule has 20 heavy (non-hydrogen) atoms. The van der Waals surface area contributed by atoms with Crippen LogP contribution < -0.4 is 0 Å². The van der Waals surface area contributed by atoms with Crippen molar-refractivity contribution in [1.82, 2.24) is 15.0 Å². The maximum absolute atomic E-state index is 12.9. The zero-order chi connectivity index (χ0) is 14.4. The van der Waals surface area contributed by atoms with Gasteiger partial charge >= 0.3 is 0 Å². The first-order chi connectivity index (χ1) is 9.74. The van der Waals surface area contributed by atoms with E-state index >= 15 is 0 Å². The SMILES string of the molecule is CCCCCn1nnc(C#N)c1Cc1ccc(F)cc1. The van der Waals surface area contributed by atoms with E-state index in [9.17, 15) is 4.39 Å². The Hall–Kier alpha value is -2.22. The van der Waals surface area contributed by atoms with Crippen LogP contribution in [0.2, 0.25) is 0 Å². The zero-order valence-corrected chi connectivity index (χ0v) is 11.5. The van der Waals surface area contributed by atoms with Gasteiger partial charge in [-0.15, -0.1) is 5.10 Å². The van der Waals surface area contributed by atoms with Crippen LogP contribution in [0.4, 0.5) is 4.39 Å². The first-order valence-electron chi connectivity index (χ1n) is 6.81. The zero-order valence-electron chi connectivity index (χ0n) is 11.5. The van der Waals surface area contributed by atoms with Gasteiger partial charge in [-0.1, -0.05) is 37.1 Å². The van der Waals surface area contributed by atoms with Crippen LogP contribution in [0.25, 0.3) is 0 Å². The first kappa shape index (κ1) is 14.2. The molecule has 104 valence electrons. The maximum atomic E-state index is 12.9. The van der Waals surface area contributed by atoms with Gasteiger partial charge in [-0.3, -0.25) is 0 Å². The highest BCUT2D eigenvalue weighted by Crippen LogP contribution is 2.14. The Labute approximate surface area is 117 Å². The number of hydrogen-bond donors (Lipinski definition) is 0. The molecule has 0 atom stereocenters. The number of halogens is 1. The Kier molecular flexibility index (Phi) is 4.83. The minimum atomic E-state index is -0.260. The van der Waals surface area contributed by atoms with Crippen LogP contribution >= 0.6 is 0 Å². The van der Waals surface area contributed by atoms with E-state index in [1.54, 1.807) is 16.8 Å². The van der Waals surface area contributed by atoms with Gasteiger partial charge in [0, 0.05) is 13.0 Å². The van der Waals surface area contributed by atoms with E-state index in [0.29, 0.717) is 12.1 Å². The maximum Gasteiger partial charge on any atom is 0.186 e. The predicted molar refractivity (Wildman–Crippen MR) is 73.5 cm³/mol. The van der Waals surface area contributed by atoms with Crippen molar-refractivity contribution in [2.24, 2.45) is 0 Å². The molecule has 1 aromatic carbocycles. The van der Waals surface area contributed by atoms with Crippen molar-refractivity contribution in [1.29, 1.82) is 5.26 Å². The topological polar surface area (TPSA) is 54.5 Å². The minimum absolute atomic E-state index is 0.260. The molecule has 0 radical (unpaired) electrons. The third-order valence-corrected chi connectivity index (χ3v) is 3.20. The van der Waals surface area contributed by atoms with Crippen molar-refractivity contribution < 1.29 is 4.39 Å². The van der Waals surface area contributed by atoms with Crippen molar-refractivity contribution in [3.05, 3.63) is 47.0 Å². The van der Waals surface area contributed by atoms with Gasteiger partial charge in [-0.2, -0.15) is 5.26 Å². The number of unbranched alkanes of at least 4 members (excludes halogenated alkanes) is 2. The molecule has 0 bridgehead atoms. The number of nitrogens with zero attached hydrogens (tertiary/aromatic N) is 4. The molecule has 0 amide bonds. The molecular formula is C15H17FN4. The van der Waals surface area contributed by atoms with E-state index in [1.807, 2.05) is 0 Å². The summed E-state index contributed by atoms with van der Waals surface area (Å²) in [6.45, 7) is 2.90. The summed E-state index contributed by atoms with van der Waals surface area (Å²) in [5.41, 5.74) is 2.10.